The third kappa shape index (κ3) is 6.07. The molecule has 0 heterocycles. The lowest BCUT2D eigenvalue weighted by molar-refractivity contribution is 0.0696. The molecular weight excluding hydrogens is 416 g/mol. The molecule has 3 aromatic rings. The van der Waals surface area contributed by atoms with Crippen LogP contribution in [0.15, 0.2) is 77.7 Å². The van der Waals surface area contributed by atoms with Gasteiger partial charge >= 0.3 is 5.97 Å². The van der Waals surface area contributed by atoms with Gasteiger partial charge in [-0.05, 0) is 47.9 Å². The molecule has 7 nitrogen and oxygen atoms in total. The van der Waals surface area contributed by atoms with Gasteiger partial charge in [0.2, 0.25) is 10.0 Å². The fraction of sp³-hybridized carbons (Fsp3) is 0.174. The van der Waals surface area contributed by atoms with Crippen molar-refractivity contribution in [3.8, 4) is 5.75 Å². The molecule has 0 saturated heterocycles. The van der Waals surface area contributed by atoms with Crippen LogP contribution < -0.4 is 14.8 Å². The Labute approximate surface area is 181 Å². The Balaban J connectivity index is 1.76. The van der Waals surface area contributed by atoms with Crippen LogP contribution in [-0.2, 0) is 23.0 Å². The minimum absolute atomic E-state index is 0.0965. The van der Waals surface area contributed by atoms with Crippen LogP contribution in [0.1, 0.15) is 21.5 Å². The molecule has 0 amide bonds. The molecule has 3 aromatic carbocycles. The van der Waals surface area contributed by atoms with E-state index in [0.29, 0.717) is 18.7 Å². The smallest absolute Gasteiger partial charge is 0.335 e. The van der Waals surface area contributed by atoms with E-state index in [1.165, 1.54) is 18.2 Å². The molecule has 0 fully saturated rings. The van der Waals surface area contributed by atoms with E-state index in [0.717, 1.165) is 16.9 Å². The maximum absolute atomic E-state index is 12.9. The molecule has 0 radical (unpaired) electrons. The number of rotatable bonds is 10. The molecule has 0 aliphatic carbocycles. The molecule has 31 heavy (non-hydrogen) atoms. The number of anilines is 1. The summed E-state index contributed by atoms with van der Waals surface area (Å²) in [5, 5.41) is 12.4. The topological polar surface area (TPSA) is 105 Å². The van der Waals surface area contributed by atoms with Gasteiger partial charge in [-0.15, -0.1) is 0 Å². The molecule has 0 aromatic heterocycles. The van der Waals surface area contributed by atoms with Crippen molar-refractivity contribution in [3.63, 3.8) is 0 Å². The van der Waals surface area contributed by atoms with Gasteiger partial charge in [0.1, 0.15) is 10.6 Å². The largest absolute Gasteiger partial charge is 0.497 e. The van der Waals surface area contributed by atoms with E-state index < -0.39 is 16.0 Å². The van der Waals surface area contributed by atoms with Gasteiger partial charge in [-0.2, -0.15) is 0 Å². The lowest BCUT2D eigenvalue weighted by atomic mass is 10.1. The van der Waals surface area contributed by atoms with E-state index in [4.69, 9.17) is 4.74 Å². The summed E-state index contributed by atoms with van der Waals surface area (Å²) < 4.78 is 33.6. The number of carboxylic acids is 1. The van der Waals surface area contributed by atoms with Gasteiger partial charge in [-0.25, -0.2) is 17.9 Å². The van der Waals surface area contributed by atoms with Crippen molar-refractivity contribution < 1.29 is 23.1 Å². The Bertz CT molecular complexity index is 1130. The maximum atomic E-state index is 12.9. The van der Waals surface area contributed by atoms with Gasteiger partial charge in [0, 0.05) is 13.1 Å². The Morgan fingerprint density at radius 3 is 2.32 bits per heavy atom. The van der Waals surface area contributed by atoms with Crippen LogP contribution in [0, 0.1) is 0 Å². The van der Waals surface area contributed by atoms with Crippen LogP contribution in [0.4, 0.5) is 5.69 Å². The first-order valence-corrected chi connectivity index (χ1v) is 11.1. The number of ether oxygens (including phenoxy) is 1. The van der Waals surface area contributed by atoms with Crippen molar-refractivity contribution in [3.05, 3.63) is 89.5 Å². The molecule has 0 spiro atoms. The Morgan fingerprint density at radius 1 is 0.968 bits per heavy atom. The van der Waals surface area contributed by atoms with E-state index >= 15 is 0 Å². The van der Waals surface area contributed by atoms with Crippen LogP contribution >= 0.6 is 0 Å². The number of benzene rings is 3. The predicted octanol–water partition coefficient (Wildman–Crippen LogP) is 3.53. The van der Waals surface area contributed by atoms with Crippen molar-refractivity contribution in [1.82, 2.24) is 4.72 Å². The van der Waals surface area contributed by atoms with Crippen LogP contribution in [0.2, 0.25) is 0 Å². The first-order chi connectivity index (χ1) is 14.9. The van der Waals surface area contributed by atoms with E-state index in [1.54, 1.807) is 7.11 Å². The zero-order valence-electron chi connectivity index (χ0n) is 17.0. The fourth-order valence-electron chi connectivity index (χ4n) is 3.01. The third-order valence-corrected chi connectivity index (χ3v) is 6.16. The fourth-order valence-corrected chi connectivity index (χ4v) is 4.23. The molecule has 0 saturated carbocycles. The van der Waals surface area contributed by atoms with Gasteiger partial charge in [-0.3, -0.25) is 0 Å². The molecule has 0 aliphatic rings. The molecule has 3 rings (SSSR count). The van der Waals surface area contributed by atoms with Crippen molar-refractivity contribution in [2.45, 2.75) is 17.9 Å². The van der Waals surface area contributed by atoms with Gasteiger partial charge in [0.25, 0.3) is 0 Å². The highest BCUT2D eigenvalue weighted by Gasteiger charge is 2.20. The van der Waals surface area contributed by atoms with Crippen molar-refractivity contribution in [2.24, 2.45) is 0 Å². The molecule has 0 unspecified atom stereocenters. The molecule has 0 aliphatic heterocycles. The summed E-state index contributed by atoms with van der Waals surface area (Å²) in [6.45, 7) is 0.575. The summed E-state index contributed by atoms with van der Waals surface area (Å²) in [6, 6.07) is 20.7. The van der Waals surface area contributed by atoms with Gasteiger partial charge < -0.3 is 15.2 Å². The Morgan fingerprint density at radius 2 is 1.68 bits per heavy atom. The number of hydrogen-bond donors (Lipinski definition) is 3. The van der Waals surface area contributed by atoms with Crippen LogP contribution in [0.5, 0.6) is 5.75 Å². The zero-order valence-corrected chi connectivity index (χ0v) is 17.9. The summed E-state index contributed by atoms with van der Waals surface area (Å²) in [4.78, 5) is 11.3. The summed E-state index contributed by atoms with van der Waals surface area (Å²) in [7, 11) is -2.34. The monoisotopic (exact) mass is 440 g/mol. The number of nitrogens with one attached hydrogen (secondary N) is 2. The molecule has 8 heteroatoms. The third-order valence-electron chi connectivity index (χ3n) is 4.72. The first-order valence-electron chi connectivity index (χ1n) is 9.67. The molecule has 0 atom stereocenters. The average Bonchev–Trinajstić information content (AvgIpc) is 2.79. The number of methoxy groups -OCH3 is 1. The van der Waals surface area contributed by atoms with E-state index in [2.05, 4.69) is 10.0 Å². The van der Waals surface area contributed by atoms with E-state index in [1.807, 2.05) is 54.6 Å². The Kier molecular flexibility index (Phi) is 7.28. The summed E-state index contributed by atoms with van der Waals surface area (Å²) in [5.74, 6) is -0.428. The lowest BCUT2D eigenvalue weighted by Gasteiger charge is -2.14. The maximum Gasteiger partial charge on any atom is 0.335 e. The van der Waals surface area contributed by atoms with Crippen LogP contribution in [0.25, 0.3) is 0 Å². The highest BCUT2D eigenvalue weighted by molar-refractivity contribution is 7.89. The molecule has 3 N–H and O–H groups in total. The Hall–Kier alpha value is -3.36. The minimum Gasteiger partial charge on any atom is -0.497 e. The summed E-state index contributed by atoms with van der Waals surface area (Å²) >= 11 is 0. The van der Waals surface area contributed by atoms with Crippen LogP contribution in [0.3, 0.4) is 0 Å². The second kappa shape index (κ2) is 10.1. The van der Waals surface area contributed by atoms with Crippen molar-refractivity contribution in [2.75, 3.05) is 19.0 Å². The second-order valence-corrected chi connectivity index (χ2v) is 8.59. The molecule has 0 bridgehead atoms. The molecular formula is C23H24N2O5S. The van der Waals surface area contributed by atoms with Gasteiger partial charge in [-0.1, -0.05) is 42.5 Å². The SMILES string of the molecule is COc1ccc(CCNc2ccc(C(=O)O)cc2S(=O)(=O)NCc2ccccc2)cc1. The number of carboxylic acid groups (broad SMARTS) is 1. The highest BCUT2D eigenvalue weighted by atomic mass is 32.2. The second-order valence-electron chi connectivity index (χ2n) is 6.85. The van der Waals surface area contributed by atoms with Crippen LogP contribution in [-0.4, -0.2) is 33.1 Å². The lowest BCUT2D eigenvalue weighted by Crippen LogP contribution is -2.25. The zero-order chi connectivity index (χ0) is 22.3. The normalized spacial score (nSPS) is 11.1. The van der Waals surface area contributed by atoms with E-state index in [9.17, 15) is 18.3 Å². The highest BCUT2D eigenvalue weighted by Crippen LogP contribution is 2.24. The van der Waals surface area contributed by atoms with Crippen molar-refractivity contribution >= 4 is 21.7 Å². The minimum atomic E-state index is -3.94. The summed E-state index contributed by atoms with van der Waals surface area (Å²) in [6.07, 6.45) is 0.654. The number of hydrogen-bond acceptors (Lipinski definition) is 5. The first kappa shape index (κ1) is 22.3. The standard InChI is InChI=1S/C23H24N2O5S/c1-30-20-10-7-17(8-11-20)13-14-24-21-12-9-19(23(26)27)15-22(21)31(28,29)25-16-18-5-3-2-4-6-18/h2-12,15,24-25H,13-14,16H2,1H3,(H,26,27). The average molecular weight is 441 g/mol. The predicted molar refractivity (Wildman–Crippen MR) is 119 cm³/mol. The summed E-state index contributed by atoms with van der Waals surface area (Å²) in [5.41, 5.74) is 2.11. The van der Waals surface area contributed by atoms with Gasteiger partial charge in [0.15, 0.2) is 0 Å². The van der Waals surface area contributed by atoms with Gasteiger partial charge in [0.05, 0.1) is 18.4 Å². The quantitative estimate of drug-likeness (QED) is 0.446. The van der Waals surface area contributed by atoms with E-state index in [-0.39, 0.29) is 17.0 Å². The van der Waals surface area contributed by atoms with Crippen molar-refractivity contribution in [1.29, 1.82) is 0 Å². The molecule has 162 valence electrons. The number of sulfonamides is 1. The number of aromatic carboxylic acids is 1. The number of carbonyl (C=O) groups is 1.